The second-order valence-corrected chi connectivity index (χ2v) is 8.96. The maximum absolute atomic E-state index is 13.7. The highest BCUT2D eigenvalue weighted by Crippen LogP contribution is 2.35. The highest BCUT2D eigenvalue weighted by molar-refractivity contribution is 9.10. The van der Waals surface area contributed by atoms with E-state index in [0.717, 1.165) is 47.0 Å². The number of benzene rings is 2. The summed E-state index contributed by atoms with van der Waals surface area (Å²) in [5, 5.41) is 0. The monoisotopic (exact) mass is 470 g/mol. The number of hydrogen-bond donors (Lipinski definition) is 0. The Labute approximate surface area is 186 Å². The lowest BCUT2D eigenvalue weighted by atomic mass is 9.91. The van der Waals surface area contributed by atoms with Crippen molar-refractivity contribution < 1.29 is 14.3 Å². The maximum atomic E-state index is 13.7. The second-order valence-electron chi connectivity index (χ2n) is 8.05. The van der Waals surface area contributed by atoms with Crippen LogP contribution in [0.1, 0.15) is 49.3 Å². The second kappa shape index (κ2) is 9.21. The predicted molar refractivity (Wildman–Crippen MR) is 119 cm³/mol. The average molecular weight is 471 g/mol. The lowest BCUT2D eigenvalue weighted by molar-refractivity contribution is -0.160. The molecule has 2 aromatic rings. The third-order valence-corrected chi connectivity index (χ3v) is 6.66. The molecule has 158 valence electrons. The fraction of sp³-hybridized carbons (Fsp3) is 0.417. The molecule has 1 aliphatic heterocycles. The normalized spacial score (nSPS) is 20.5. The largest absolute Gasteiger partial charge is 0.496 e. The first kappa shape index (κ1) is 20.9. The predicted octanol–water partition coefficient (Wildman–Crippen LogP) is 4.70. The Morgan fingerprint density at radius 3 is 2.53 bits per heavy atom. The first-order valence-electron chi connectivity index (χ1n) is 10.6. The number of halogens is 1. The number of piperazine rings is 1. The molecule has 6 heteroatoms. The molecule has 2 aromatic carbocycles. The summed E-state index contributed by atoms with van der Waals surface area (Å²) in [5.74, 6) is 0.728. The summed E-state index contributed by atoms with van der Waals surface area (Å²) in [6, 6.07) is 14.9. The van der Waals surface area contributed by atoms with Gasteiger partial charge in [0.25, 0.3) is 5.91 Å². The van der Waals surface area contributed by atoms with Gasteiger partial charge >= 0.3 is 0 Å². The molecule has 0 bridgehead atoms. The van der Waals surface area contributed by atoms with E-state index in [1.54, 1.807) is 12.0 Å². The topological polar surface area (TPSA) is 49.9 Å². The van der Waals surface area contributed by atoms with Crippen LogP contribution in [0.5, 0.6) is 5.75 Å². The van der Waals surface area contributed by atoms with Gasteiger partial charge in [0.05, 0.1) is 13.7 Å². The van der Waals surface area contributed by atoms with Crippen LogP contribution in [0.25, 0.3) is 0 Å². The molecule has 30 heavy (non-hydrogen) atoms. The number of para-hydroxylation sites is 1. The Balaban J connectivity index is 1.70. The van der Waals surface area contributed by atoms with Gasteiger partial charge in [-0.2, -0.15) is 0 Å². The van der Waals surface area contributed by atoms with E-state index in [0.29, 0.717) is 6.54 Å². The van der Waals surface area contributed by atoms with Crippen molar-refractivity contribution in [3.8, 4) is 5.75 Å². The highest BCUT2D eigenvalue weighted by Gasteiger charge is 2.43. The fourth-order valence-corrected chi connectivity index (χ4v) is 5.06. The molecule has 2 fully saturated rings. The summed E-state index contributed by atoms with van der Waals surface area (Å²) in [6.07, 6.45) is 5.42. The van der Waals surface area contributed by atoms with Crippen molar-refractivity contribution in [3.05, 3.63) is 64.1 Å². The molecule has 0 N–H and O–H groups in total. The van der Waals surface area contributed by atoms with E-state index in [2.05, 4.69) is 15.9 Å². The standard InChI is InChI=1S/C24H27BrN2O3/c1-30-21-13-6-5-8-18(21)15-27-22(28)16-26(20-11-3-2-4-12-20)24(29)23(27)17-9-7-10-19(25)14-17/h5-10,13-14,20,23H,2-4,11-12,15-16H2,1H3. The molecule has 1 saturated heterocycles. The Hall–Kier alpha value is -2.34. The minimum atomic E-state index is -0.629. The minimum Gasteiger partial charge on any atom is -0.496 e. The number of rotatable bonds is 5. The van der Waals surface area contributed by atoms with Gasteiger partial charge in [-0.05, 0) is 36.6 Å². The Morgan fingerprint density at radius 1 is 1.03 bits per heavy atom. The fourth-order valence-electron chi connectivity index (χ4n) is 4.65. The van der Waals surface area contributed by atoms with Crippen molar-refractivity contribution in [2.24, 2.45) is 0 Å². The Morgan fingerprint density at radius 2 is 1.80 bits per heavy atom. The van der Waals surface area contributed by atoms with E-state index in [1.807, 2.05) is 53.4 Å². The molecule has 1 unspecified atom stereocenters. The number of carbonyl (C=O) groups excluding carboxylic acids is 2. The molecule has 0 spiro atoms. The molecule has 0 radical (unpaired) electrons. The molecule has 5 nitrogen and oxygen atoms in total. The molecule has 2 aliphatic rings. The number of amides is 2. The molecule has 4 rings (SSSR count). The van der Waals surface area contributed by atoms with Gasteiger partial charge in [-0.3, -0.25) is 9.59 Å². The SMILES string of the molecule is COc1ccccc1CN1C(=O)CN(C2CCCCC2)C(=O)C1c1cccc(Br)c1. The van der Waals surface area contributed by atoms with Crippen LogP contribution >= 0.6 is 15.9 Å². The third kappa shape index (κ3) is 4.24. The van der Waals surface area contributed by atoms with Gasteiger partial charge in [-0.25, -0.2) is 0 Å². The first-order valence-corrected chi connectivity index (χ1v) is 11.3. The highest BCUT2D eigenvalue weighted by atomic mass is 79.9. The van der Waals surface area contributed by atoms with Crippen LogP contribution in [0.3, 0.4) is 0 Å². The van der Waals surface area contributed by atoms with E-state index >= 15 is 0 Å². The van der Waals surface area contributed by atoms with Crippen LogP contribution < -0.4 is 4.74 Å². The Kier molecular flexibility index (Phi) is 6.42. The minimum absolute atomic E-state index is 0.0175. The number of hydrogen-bond acceptors (Lipinski definition) is 3. The molecule has 1 atom stereocenters. The summed E-state index contributed by atoms with van der Waals surface area (Å²) in [7, 11) is 1.62. The number of nitrogens with zero attached hydrogens (tertiary/aromatic N) is 2. The number of methoxy groups -OCH3 is 1. The van der Waals surface area contributed by atoms with Crippen LogP contribution in [0, 0.1) is 0 Å². The van der Waals surface area contributed by atoms with Crippen LogP contribution in [0.4, 0.5) is 0 Å². The maximum Gasteiger partial charge on any atom is 0.250 e. The third-order valence-electron chi connectivity index (χ3n) is 6.17. The van der Waals surface area contributed by atoms with Gasteiger partial charge in [-0.1, -0.05) is 65.5 Å². The summed E-state index contributed by atoms with van der Waals surface area (Å²) >= 11 is 3.52. The summed E-state index contributed by atoms with van der Waals surface area (Å²) in [6.45, 7) is 0.493. The van der Waals surface area contributed by atoms with Crippen molar-refractivity contribution in [1.82, 2.24) is 9.80 Å². The van der Waals surface area contributed by atoms with E-state index in [9.17, 15) is 9.59 Å². The van der Waals surface area contributed by atoms with Crippen molar-refractivity contribution >= 4 is 27.7 Å². The molecule has 2 amide bonds. The van der Waals surface area contributed by atoms with Gasteiger partial charge in [0.15, 0.2) is 0 Å². The quantitative estimate of drug-likeness (QED) is 0.635. The molecule has 1 saturated carbocycles. The van der Waals surface area contributed by atoms with Crippen LogP contribution in [-0.4, -0.2) is 41.3 Å². The van der Waals surface area contributed by atoms with Crippen LogP contribution in [0.2, 0.25) is 0 Å². The van der Waals surface area contributed by atoms with Gasteiger partial charge in [0.1, 0.15) is 18.3 Å². The first-order chi connectivity index (χ1) is 14.6. The zero-order valence-electron chi connectivity index (χ0n) is 17.2. The smallest absolute Gasteiger partial charge is 0.250 e. The lowest BCUT2D eigenvalue weighted by Gasteiger charge is -2.44. The van der Waals surface area contributed by atoms with Gasteiger partial charge in [0, 0.05) is 16.1 Å². The Bertz CT molecular complexity index is 926. The summed E-state index contributed by atoms with van der Waals surface area (Å²) in [4.78, 5) is 30.6. The van der Waals surface area contributed by atoms with Gasteiger partial charge < -0.3 is 14.5 Å². The van der Waals surface area contributed by atoms with Crippen LogP contribution in [-0.2, 0) is 16.1 Å². The van der Waals surface area contributed by atoms with Crippen LogP contribution in [0.15, 0.2) is 53.0 Å². The van der Waals surface area contributed by atoms with E-state index in [1.165, 1.54) is 6.42 Å². The molecular weight excluding hydrogens is 444 g/mol. The van der Waals surface area contributed by atoms with Gasteiger partial charge in [-0.15, -0.1) is 0 Å². The van der Waals surface area contributed by atoms with Crippen molar-refractivity contribution in [3.63, 3.8) is 0 Å². The van der Waals surface area contributed by atoms with E-state index in [4.69, 9.17) is 4.74 Å². The summed E-state index contributed by atoms with van der Waals surface area (Å²) < 4.78 is 6.38. The molecule has 0 aromatic heterocycles. The molecule has 1 heterocycles. The average Bonchev–Trinajstić information content (AvgIpc) is 2.77. The lowest BCUT2D eigenvalue weighted by Crippen LogP contribution is -2.58. The number of ether oxygens (including phenoxy) is 1. The zero-order chi connectivity index (χ0) is 21.1. The van der Waals surface area contributed by atoms with Crippen molar-refractivity contribution in [2.45, 2.75) is 50.7 Å². The van der Waals surface area contributed by atoms with Crippen molar-refractivity contribution in [2.75, 3.05) is 13.7 Å². The molecular formula is C24H27BrN2O3. The van der Waals surface area contributed by atoms with Gasteiger partial charge in [0.2, 0.25) is 5.91 Å². The zero-order valence-corrected chi connectivity index (χ0v) is 18.8. The van der Waals surface area contributed by atoms with E-state index in [-0.39, 0.29) is 24.4 Å². The molecule has 1 aliphatic carbocycles. The van der Waals surface area contributed by atoms with Crippen molar-refractivity contribution in [1.29, 1.82) is 0 Å². The summed E-state index contributed by atoms with van der Waals surface area (Å²) in [5.41, 5.74) is 1.73. The number of carbonyl (C=O) groups is 2. The van der Waals surface area contributed by atoms with E-state index < -0.39 is 6.04 Å².